The fourth-order valence-electron chi connectivity index (χ4n) is 2.86. The summed E-state index contributed by atoms with van der Waals surface area (Å²) in [5, 5.41) is 0.515. The third kappa shape index (κ3) is 3.57. The van der Waals surface area contributed by atoms with Crippen molar-refractivity contribution in [2.45, 2.75) is 18.8 Å². The van der Waals surface area contributed by atoms with Crippen molar-refractivity contribution in [1.29, 1.82) is 0 Å². The number of hydrogen-bond donors (Lipinski definition) is 0. The van der Waals surface area contributed by atoms with Gasteiger partial charge in [0, 0.05) is 31.4 Å². The van der Waals surface area contributed by atoms with Crippen LogP contribution in [0, 0.1) is 0 Å². The molecule has 5 nitrogen and oxygen atoms in total. The number of amides is 1. The molecule has 0 spiro atoms. The second-order valence-corrected chi connectivity index (χ2v) is 6.01. The van der Waals surface area contributed by atoms with Gasteiger partial charge < -0.3 is 9.64 Å². The van der Waals surface area contributed by atoms with Crippen molar-refractivity contribution in [3.8, 4) is 11.6 Å². The van der Waals surface area contributed by atoms with Crippen molar-refractivity contribution in [3.63, 3.8) is 0 Å². The molecule has 1 aromatic heterocycles. The van der Waals surface area contributed by atoms with Gasteiger partial charge in [-0.2, -0.15) is 0 Å². The molecular weight excluding hydrogens is 326 g/mol. The van der Waals surface area contributed by atoms with Gasteiger partial charge in [-0.1, -0.05) is 30.3 Å². The number of piperidine rings is 1. The molecular formula is C18H18ClN3O2. The maximum absolute atomic E-state index is 11.9. The first-order valence-electron chi connectivity index (χ1n) is 7.83. The normalized spacial score (nSPS) is 17.4. The lowest BCUT2D eigenvalue weighted by molar-refractivity contribution is -0.127. The van der Waals surface area contributed by atoms with E-state index in [1.54, 1.807) is 29.4 Å². The Bertz CT molecular complexity index is 751. The minimum absolute atomic E-state index is 0.0582. The van der Waals surface area contributed by atoms with Crippen molar-refractivity contribution in [3.05, 3.63) is 60.0 Å². The number of para-hydroxylation sites is 1. The van der Waals surface area contributed by atoms with Crippen molar-refractivity contribution in [2.24, 2.45) is 0 Å². The molecule has 1 saturated heterocycles. The number of aromatic nitrogens is 2. The molecule has 0 bridgehead atoms. The molecule has 1 aromatic carbocycles. The van der Waals surface area contributed by atoms with Crippen LogP contribution in [-0.4, -0.2) is 33.9 Å². The van der Waals surface area contributed by atoms with Crippen LogP contribution < -0.4 is 4.74 Å². The first-order chi connectivity index (χ1) is 11.7. The van der Waals surface area contributed by atoms with Crippen molar-refractivity contribution < 1.29 is 9.53 Å². The lowest BCUT2D eigenvalue weighted by Gasteiger charge is -2.32. The average Bonchev–Trinajstić information content (AvgIpc) is 2.63. The highest BCUT2D eigenvalue weighted by Gasteiger charge is 2.27. The van der Waals surface area contributed by atoms with Crippen molar-refractivity contribution in [2.75, 3.05) is 13.1 Å². The number of hydrogen-bond acceptors (Lipinski definition) is 4. The molecule has 1 aliphatic heterocycles. The smallest absolute Gasteiger partial charge is 0.245 e. The highest BCUT2D eigenvalue weighted by molar-refractivity contribution is 6.32. The molecule has 1 fully saturated rings. The van der Waals surface area contributed by atoms with E-state index < -0.39 is 0 Å². The first-order valence-corrected chi connectivity index (χ1v) is 8.21. The zero-order valence-corrected chi connectivity index (χ0v) is 13.9. The number of ether oxygens (including phenoxy) is 1. The van der Waals surface area contributed by atoms with Crippen LogP contribution in [0.3, 0.4) is 0 Å². The third-order valence-electron chi connectivity index (χ3n) is 4.03. The third-order valence-corrected chi connectivity index (χ3v) is 4.34. The van der Waals surface area contributed by atoms with E-state index in [4.69, 9.17) is 16.3 Å². The molecule has 1 atom stereocenters. The van der Waals surface area contributed by atoms with Crippen LogP contribution in [0.1, 0.15) is 24.5 Å². The van der Waals surface area contributed by atoms with Crippen molar-refractivity contribution in [1.82, 2.24) is 14.9 Å². The Morgan fingerprint density at radius 3 is 2.92 bits per heavy atom. The summed E-state index contributed by atoms with van der Waals surface area (Å²) in [6.45, 7) is 4.88. The number of carbonyl (C=O) groups is 1. The van der Waals surface area contributed by atoms with E-state index in [1.165, 1.54) is 6.08 Å². The standard InChI is InChI=1S/C18H18ClN3O2/c1-2-16(23)22-11-5-6-13(12-22)17-18(21-10-9-20-17)24-15-8-4-3-7-14(15)19/h2-4,7-10,13H,1,5-6,11-12H2. The fourth-order valence-corrected chi connectivity index (χ4v) is 3.03. The Balaban J connectivity index is 1.85. The van der Waals surface area contributed by atoms with E-state index in [-0.39, 0.29) is 11.8 Å². The number of benzene rings is 1. The van der Waals surface area contributed by atoms with Crippen LogP contribution in [-0.2, 0) is 4.79 Å². The summed E-state index contributed by atoms with van der Waals surface area (Å²) < 4.78 is 5.89. The fraction of sp³-hybridized carbons (Fsp3) is 0.278. The van der Waals surface area contributed by atoms with Crippen LogP contribution in [0.15, 0.2) is 49.3 Å². The highest BCUT2D eigenvalue weighted by Crippen LogP contribution is 2.34. The Kier molecular flexibility index (Phi) is 5.11. The lowest BCUT2D eigenvalue weighted by atomic mass is 9.94. The summed E-state index contributed by atoms with van der Waals surface area (Å²) in [5.74, 6) is 0.991. The largest absolute Gasteiger partial charge is 0.436 e. The van der Waals surface area contributed by atoms with Crippen LogP contribution in [0.4, 0.5) is 0 Å². The van der Waals surface area contributed by atoms with Crippen LogP contribution >= 0.6 is 11.6 Å². The summed E-state index contributed by atoms with van der Waals surface area (Å²) >= 11 is 6.16. The minimum Gasteiger partial charge on any atom is -0.436 e. The number of carbonyl (C=O) groups excluding carboxylic acids is 1. The van der Waals surface area contributed by atoms with Crippen LogP contribution in [0.5, 0.6) is 11.6 Å². The molecule has 2 heterocycles. The van der Waals surface area contributed by atoms with Gasteiger partial charge >= 0.3 is 0 Å². The van der Waals surface area contributed by atoms with Gasteiger partial charge in [0.15, 0.2) is 0 Å². The second-order valence-electron chi connectivity index (χ2n) is 5.61. The number of rotatable bonds is 4. The van der Waals surface area contributed by atoms with E-state index in [0.717, 1.165) is 25.1 Å². The van der Waals surface area contributed by atoms with Gasteiger partial charge in [-0.05, 0) is 31.1 Å². The summed E-state index contributed by atoms with van der Waals surface area (Å²) in [6.07, 6.45) is 6.42. The molecule has 24 heavy (non-hydrogen) atoms. The van der Waals surface area contributed by atoms with Gasteiger partial charge in [0.25, 0.3) is 0 Å². The molecule has 0 N–H and O–H groups in total. The average molecular weight is 344 g/mol. The molecule has 0 aliphatic carbocycles. The van der Waals surface area contributed by atoms with E-state index in [1.807, 2.05) is 12.1 Å². The van der Waals surface area contributed by atoms with Crippen molar-refractivity contribution >= 4 is 17.5 Å². The maximum Gasteiger partial charge on any atom is 0.245 e. The Morgan fingerprint density at radius 1 is 1.33 bits per heavy atom. The Morgan fingerprint density at radius 2 is 2.12 bits per heavy atom. The summed E-state index contributed by atoms with van der Waals surface area (Å²) in [5.41, 5.74) is 0.749. The molecule has 0 saturated carbocycles. The Hall–Kier alpha value is -2.40. The summed E-state index contributed by atoms with van der Waals surface area (Å²) in [6, 6.07) is 7.24. The van der Waals surface area contributed by atoms with Gasteiger partial charge in [-0.3, -0.25) is 9.78 Å². The van der Waals surface area contributed by atoms with Gasteiger partial charge in [0.05, 0.1) is 5.02 Å². The molecule has 1 amide bonds. The molecule has 1 unspecified atom stereocenters. The molecule has 2 aromatic rings. The predicted molar refractivity (Wildman–Crippen MR) is 92.3 cm³/mol. The van der Waals surface area contributed by atoms with E-state index in [0.29, 0.717) is 23.2 Å². The van der Waals surface area contributed by atoms with Gasteiger partial charge in [0.1, 0.15) is 11.4 Å². The summed E-state index contributed by atoms with van der Waals surface area (Å²) in [4.78, 5) is 22.4. The van der Waals surface area contributed by atoms with Gasteiger partial charge in [-0.25, -0.2) is 4.98 Å². The van der Waals surface area contributed by atoms with E-state index in [9.17, 15) is 4.79 Å². The minimum atomic E-state index is -0.0582. The maximum atomic E-state index is 11.9. The van der Waals surface area contributed by atoms with Crippen LogP contribution in [0.2, 0.25) is 5.02 Å². The number of halogens is 1. The van der Waals surface area contributed by atoms with Crippen LogP contribution in [0.25, 0.3) is 0 Å². The molecule has 3 rings (SSSR count). The Labute approximate surface area is 145 Å². The second kappa shape index (κ2) is 7.45. The predicted octanol–water partition coefficient (Wildman–Crippen LogP) is 3.81. The number of nitrogens with zero attached hydrogens (tertiary/aromatic N) is 3. The first kappa shape index (κ1) is 16.5. The quantitative estimate of drug-likeness (QED) is 0.792. The molecule has 1 aliphatic rings. The number of likely N-dealkylation sites (tertiary alicyclic amines) is 1. The summed E-state index contributed by atoms with van der Waals surface area (Å²) in [7, 11) is 0. The van der Waals surface area contributed by atoms with E-state index in [2.05, 4.69) is 16.5 Å². The zero-order valence-electron chi connectivity index (χ0n) is 13.2. The monoisotopic (exact) mass is 343 g/mol. The SMILES string of the molecule is C=CC(=O)N1CCCC(c2nccnc2Oc2ccccc2Cl)C1. The highest BCUT2D eigenvalue weighted by atomic mass is 35.5. The zero-order chi connectivity index (χ0) is 16.9. The van der Waals surface area contributed by atoms with Gasteiger partial charge in [0.2, 0.25) is 11.8 Å². The molecule has 124 valence electrons. The van der Waals surface area contributed by atoms with E-state index >= 15 is 0 Å². The molecule has 6 heteroatoms. The molecule has 0 radical (unpaired) electrons. The topological polar surface area (TPSA) is 55.3 Å². The lowest BCUT2D eigenvalue weighted by Crippen LogP contribution is -2.38. The van der Waals surface area contributed by atoms with Gasteiger partial charge in [-0.15, -0.1) is 0 Å².